The van der Waals surface area contributed by atoms with Crippen molar-refractivity contribution in [2.24, 2.45) is 11.5 Å². The molecular weight excluding hydrogens is 164 g/mol. The van der Waals surface area contributed by atoms with Gasteiger partial charge in [0.2, 0.25) is 5.91 Å². The largest absolute Gasteiger partial charge is 0.366 e. The zero-order valence-corrected chi connectivity index (χ0v) is 7.85. The van der Waals surface area contributed by atoms with Gasteiger partial charge >= 0.3 is 0 Å². The number of primary amides is 1. The molecule has 0 spiro atoms. The van der Waals surface area contributed by atoms with Gasteiger partial charge in [-0.1, -0.05) is 6.08 Å². The first-order chi connectivity index (χ1) is 5.04. The average molecular weight is 179 g/mol. The van der Waals surface area contributed by atoms with E-state index >= 15 is 0 Å². The Labute approximate surface area is 72.4 Å². The molecule has 0 heterocycles. The monoisotopic (exact) mass is 178 g/mol. The number of rotatable bonds is 2. The molecule has 0 bridgehead atoms. The Bertz CT molecular complexity index is 143. The molecule has 0 rings (SSSR count). The Morgan fingerprint density at radius 2 is 1.91 bits per heavy atom. The smallest absolute Gasteiger partial charge is 0.244 e. The molecule has 0 aromatic carbocycles. The highest BCUT2D eigenvalue weighted by Crippen LogP contribution is 1.91. The third-order valence-electron chi connectivity index (χ3n) is 0.902. The molecule has 1 atom stereocenters. The molecule has 1 amide bonds. The molecule has 0 saturated carbocycles. The second-order valence-electron chi connectivity index (χ2n) is 2.07. The summed E-state index contributed by atoms with van der Waals surface area (Å²) in [5, 5.41) is 0. The molecule has 4 heteroatoms. The van der Waals surface area contributed by atoms with Crippen molar-refractivity contribution in [1.82, 2.24) is 0 Å². The van der Waals surface area contributed by atoms with Crippen LogP contribution in [0.4, 0.5) is 0 Å². The zero-order valence-electron chi connectivity index (χ0n) is 7.10. The van der Waals surface area contributed by atoms with E-state index in [4.69, 9.17) is 11.5 Å². The number of carbonyl (C=O) groups excluding carboxylic acids is 1. The molecule has 0 radical (unpaired) electrons. The highest BCUT2D eigenvalue weighted by Gasteiger charge is 1.96. The molecule has 0 aromatic heterocycles. The van der Waals surface area contributed by atoms with Crippen LogP contribution in [-0.4, -0.2) is 18.3 Å². The van der Waals surface area contributed by atoms with E-state index in [2.05, 4.69) is 11.6 Å². The number of alkyl halides is 1. The number of hydrogen-bond acceptors (Lipinski definition) is 2. The standard InChI is InChI=1S/C6H12N2O.CH3Cl/c1-4(6(8)9)3-5(2)7;1-2/h3,5H,7H2,1-2H3,(H2,8,9);1H3. The maximum absolute atomic E-state index is 10.3. The van der Waals surface area contributed by atoms with Gasteiger partial charge in [-0.2, -0.15) is 0 Å². The first-order valence-electron chi connectivity index (χ1n) is 3.15. The van der Waals surface area contributed by atoms with Crippen molar-refractivity contribution in [3.63, 3.8) is 0 Å². The topological polar surface area (TPSA) is 69.1 Å². The van der Waals surface area contributed by atoms with Gasteiger partial charge in [-0.05, 0) is 13.8 Å². The summed E-state index contributed by atoms with van der Waals surface area (Å²) in [7, 11) is 0. The SMILES string of the molecule is CC(=CC(C)N)C(N)=O.CCl. The van der Waals surface area contributed by atoms with Crippen molar-refractivity contribution in [3.8, 4) is 0 Å². The molecule has 0 aliphatic rings. The fraction of sp³-hybridized carbons (Fsp3) is 0.571. The molecule has 11 heavy (non-hydrogen) atoms. The second kappa shape index (κ2) is 7.57. The van der Waals surface area contributed by atoms with E-state index in [1.807, 2.05) is 0 Å². The lowest BCUT2D eigenvalue weighted by atomic mass is 10.2. The van der Waals surface area contributed by atoms with Gasteiger partial charge in [-0.3, -0.25) is 4.79 Å². The molecule has 1 unspecified atom stereocenters. The number of hydrogen-bond donors (Lipinski definition) is 2. The summed E-state index contributed by atoms with van der Waals surface area (Å²) in [6.45, 7) is 3.43. The fourth-order valence-corrected chi connectivity index (χ4v) is 0.476. The molecule has 0 fully saturated rings. The van der Waals surface area contributed by atoms with Crippen molar-refractivity contribution in [3.05, 3.63) is 11.6 Å². The third kappa shape index (κ3) is 9.46. The van der Waals surface area contributed by atoms with Crippen LogP contribution >= 0.6 is 11.6 Å². The normalized spacial score (nSPS) is 13.0. The minimum absolute atomic E-state index is 0.0995. The van der Waals surface area contributed by atoms with Gasteiger partial charge in [-0.25, -0.2) is 0 Å². The quantitative estimate of drug-likeness (QED) is 0.481. The molecule has 0 aliphatic heterocycles. The van der Waals surface area contributed by atoms with Crippen LogP contribution in [0.15, 0.2) is 11.6 Å². The predicted molar refractivity (Wildman–Crippen MR) is 48.4 cm³/mol. The summed E-state index contributed by atoms with van der Waals surface area (Å²) in [4.78, 5) is 10.3. The van der Waals surface area contributed by atoms with Gasteiger partial charge in [0.05, 0.1) is 0 Å². The van der Waals surface area contributed by atoms with Crippen molar-refractivity contribution < 1.29 is 4.79 Å². The highest BCUT2D eigenvalue weighted by molar-refractivity contribution is 6.15. The average Bonchev–Trinajstić information content (AvgIpc) is 1.90. The number of nitrogens with two attached hydrogens (primary N) is 2. The van der Waals surface area contributed by atoms with Crippen molar-refractivity contribution in [2.75, 3.05) is 6.38 Å². The van der Waals surface area contributed by atoms with E-state index in [-0.39, 0.29) is 6.04 Å². The predicted octanol–water partition coefficient (Wildman–Crippen LogP) is 0.620. The Balaban J connectivity index is 0. The van der Waals surface area contributed by atoms with Crippen LogP contribution in [0.1, 0.15) is 13.8 Å². The lowest BCUT2D eigenvalue weighted by Gasteiger charge is -1.96. The first-order valence-corrected chi connectivity index (χ1v) is 3.91. The highest BCUT2D eigenvalue weighted by atomic mass is 35.5. The summed E-state index contributed by atoms with van der Waals surface area (Å²) in [5.41, 5.74) is 10.8. The van der Waals surface area contributed by atoms with Crippen LogP contribution in [0.3, 0.4) is 0 Å². The number of halogens is 1. The van der Waals surface area contributed by atoms with E-state index < -0.39 is 5.91 Å². The van der Waals surface area contributed by atoms with Gasteiger partial charge in [-0.15, -0.1) is 11.6 Å². The van der Waals surface area contributed by atoms with Crippen LogP contribution in [0.5, 0.6) is 0 Å². The molecule has 4 N–H and O–H groups in total. The van der Waals surface area contributed by atoms with Crippen LogP contribution in [-0.2, 0) is 4.79 Å². The zero-order chi connectivity index (χ0) is 9.44. The minimum atomic E-state index is -0.410. The van der Waals surface area contributed by atoms with Crippen LogP contribution in [0, 0.1) is 0 Å². The summed E-state index contributed by atoms with van der Waals surface area (Å²) in [6, 6.07) is -0.0995. The Morgan fingerprint density at radius 1 is 1.55 bits per heavy atom. The maximum atomic E-state index is 10.3. The van der Waals surface area contributed by atoms with Gasteiger partial charge < -0.3 is 11.5 Å². The molecule has 3 nitrogen and oxygen atoms in total. The van der Waals surface area contributed by atoms with E-state index in [0.29, 0.717) is 5.57 Å². The van der Waals surface area contributed by atoms with Crippen LogP contribution < -0.4 is 11.5 Å². The molecule has 66 valence electrons. The van der Waals surface area contributed by atoms with Crippen molar-refractivity contribution >= 4 is 17.5 Å². The number of carbonyl (C=O) groups is 1. The summed E-state index contributed by atoms with van der Waals surface area (Å²) >= 11 is 4.64. The van der Waals surface area contributed by atoms with Crippen LogP contribution in [0.2, 0.25) is 0 Å². The molecule has 0 aliphatic carbocycles. The molecule has 0 aromatic rings. The molecule has 0 saturated heterocycles. The number of amides is 1. The Hall–Kier alpha value is -0.540. The first kappa shape index (κ1) is 13.1. The lowest BCUT2D eigenvalue weighted by molar-refractivity contribution is -0.114. The Kier molecular flexibility index (Phi) is 9.00. The van der Waals surface area contributed by atoms with E-state index in [1.165, 1.54) is 6.38 Å². The summed E-state index contributed by atoms with van der Waals surface area (Å²) in [5.74, 6) is -0.410. The van der Waals surface area contributed by atoms with E-state index in [9.17, 15) is 4.79 Å². The van der Waals surface area contributed by atoms with Gasteiger partial charge in [0, 0.05) is 18.0 Å². The summed E-state index contributed by atoms with van der Waals surface area (Å²) in [6.07, 6.45) is 3.10. The summed E-state index contributed by atoms with van der Waals surface area (Å²) < 4.78 is 0. The van der Waals surface area contributed by atoms with Crippen molar-refractivity contribution in [1.29, 1.82) is 0 Å². The van der Waals surface area contributed by atoms with Gasteiger partial charge in [0.25, 0.3) is 0 Å². The minimum Gasteiger partial charge on any atom is -0.366 e. The van der Waals surface area contributed by atoms with Gasteiger partial charge in [0.15, 0.2) is 0 Å². The van der Waals surface area contributed by atoms with Crippen LogP contribution in [0.25, 0.3) is 0 Å². The Morgan fingerprint density at radius 3 is 2.00 bits per heavy atom. The lowest BCUT2D eigenvalue weighted by Crippen LogP contribution is -2.17. The van der Waals surface area contributed by atoms with E-state index in [0.717, 1.165) is 0 Å². The molecular formula is C7H15ClN2O. The fourth-order valence-electron chi connectivity index (χ4n) is 0.476. The van der Waals surface area contributed by atoms with E-state index in [1.54, 1.807) is 19.9 Å². The maximum Gasteiger partial charge on any atom is 0.244 e. The van der Waals surface area contributed by atoms with Gasteiger partial charge in [0.1, 0.15) is 0 Å². The second-order valence-corrected chi connectivity index (χ2v) is 2.07. The third-order valence-corrected chi connectivity index (χ3v) is 0.902. The van der Waals surface area contributed by atoms with Crippen molar-refractivity contribution in [2.45, 2.75) is 19.9 Å².